The van der Waals surface area contributed by atoms with Crippen LogP contribution in [0.5, 0.6) is 0 Å². The van der Waals surface area contributed by atoms with E-state index in [1.165, 1.54) is 64.2 Å². The highest BCUT2D eigenvalue weighted by Crippen LogP contribution is 2.13. The third kappa shape index (κ3) is 50.8. The molecule has 0 amide bonds. The fraction of sp³-hybridized carbons (Fsp3) is 0.617. The van der Waals surface area contributed by atoms with E-state index in [4.69, 9.17) is 14.2 Å². The zero-order valence-corrected chi connectivity index (χ0v) is 42.4. The first-order valence-electron chi connectivity index (χ1n) is 26.5. The molecule has 1 unspecified atom stereocenters. The van der Waals surface area contributed by atoms with Crippen LogP contribution in [0.4, 0.5) is 0 Å². The predicted octanol–water partition coefficient (Wildman–Crippen LogP) is 17.7. The van der Waals surface area contributed by atoms with E-state index < -0.39 is 12.1 Å². The first-order chi connectivity index (χ1) is 32.5. The summed E-state index contributed by atoms with van der Waals surface area (Å²) in [5.74, 6) is -1.08. The third-order valence-electron chi connectivity index (χ3n) is 10.7. The van der Waals surface area contributed by atoms with Crippen molar-refractivity contribution in [2.75, 3.05) is 13.2 Å². The molecule has 0 aromatic rings. The first kappa shape index (κ1) is 61.8. The summed E-state index contributed by atoms with van der Waals surface area (Å²) in [5.41, 5.74) is 0. The summed E-state index contributed by atoms with van der Waals surface area (Å²) >= 11 is 0. The van der Waals surface area contributed by atoms with Crippen LogP contribution in [0.2, 0.25) is 0 Å². The van der Waals surface area contributed by atoms with Crippen LogP contribution in [-0.2, 0) is 28.6 Å². The molecule has 0 aliphatic rings. The van der Waals surface area contributed by atoms with Crippen LogP contribution in [0, 0.1) is 0 Å². The molecule has 6 heteroatoms. The van der Waals surface area contributed by atoms with E-state index in [2.05, 4.69) is 130 Å². The Bertz CT molecular complexity index is 1420. The van der Waals surface area contributed by atoms with Gasteiger partial charge in [0, 0.05) is 12.8 Å². The number of unbranched alkanes of at least 4 members (excludes halogenated alkanes) is 16. The van der Waals surface area contributed by atoms with Crippen molar-refractivity contribution in [3.05, 3.63) is 122 Å². The standard InChI is InChI=1S/C60H96O6/c1-4-7-10-13-16-19-22-25-27-28-29-30-31-32-34-35-38-41-44-47-50-53-59(62)65-56-57(55-64-58(61)52-49-46-43-40-37-24-21-18-15-12-9-6-3)66-60(63)54-51-48-45-42-39-36-33-26-23-20-17-14-11-8-5-2/h7-8,10-11,16-21,25-27,29-30,33,39,42,48,51,57H,4-6,9,12-15,22-24,28,31-32,34-38,40-41,43-47,49-50,52-56H2,1-3H3/b10-7-,11-8-,19-16-,20-17-,21-18-,27-25-,30-29-,33-26-,42-39-,51-48-. The maximum atomic E-state index is 12.7. The number of hydrogen-bond acceptors (Lipinski definition) is 6. The predicted molar refractivity (Wildman–Crippen MR) is 283 cm³/mol. The van der Waals surface area contributed by atoms with Crippen molar-refractivity contribution >= 4 is 17.9 Å². The zero-order chi connectivity index (χ0) is 47.9. The van der Waals surface area contributed by atoms with Gasteiger partial charge in [0.2, 0.25) is 0 Å². The highest BCUT2D eigenvalue weighted by atomic mass is 16.6. The van der Waals surface area contributed by atoms with Gasteiger partial charge in [0.05, 0.1) is 6.42 Å². The van der Waals surface area contributed by atoms with Crippen molar-refractivity contribution in [1.82, 2.24) is 0 Å². The van der Waals surface area contributed by atoms with Crippen LogP contribution in [0.3, 0.4) is 0 Å². The molecule has 0 radical (unpaired) electrons. The number of rotatable bonds is 46. The molecule has 0 bridgehead atoms. The van der Waals surface area contributed by atoms with E-state index >= 15 is 0 Å². The molecule has 372 valence electrons. The maximum absolute atomic E-state index is 12.7. The SMILES string of the molecule is CC/C=C\C/C=C\C/C=C\C/C=C\C/C=C\CC(=O)OC(COC(=O)CCCCCCC/C=C\CCCCC)COC(=O)CCCCCCCCCC/C=C\C/C=C\C/C=C\C/C=C\CC. The number of ether oxygens (including phenoxy) is 3. The molecule has 0 aromatic heterocycles. The van der Waals surface area contributed by atoms with Gasteiger partial charge >= 0.3 is 17.9 Å². The third-order valence-corrected chi connectivity index (χ3v) is 10.7. The zero-order valence-electron chi connectivity index (χ0n) is 42.4. The lowest BCUT2D eigenvalue weighted by Crippen LogP contribution is -2.30. The van der Waals surface area contributed by atoms with E-state index in [1.54, 1.807) is 6.08 Å². The smallest absolute Gasteiger partial charge is 0.310 e. The van der Waals surface area contributed by atoms with Crippen molar-refractivity contribution in [3.63, 3.8) is 0 Å². The molecule has 0 aliphatic heterocycles. The molecule has 0 saturated heterocycles. The highest BCUT2D eigenvalue weighted by Gasteiger charge is 2.19. The molecular weight excluding hydrogens is 817 g/mol. The second kappa shape index (κ2) is 53.4. The fourth-order valence-corrected chi connectivity index (χ4v) is 6.80. The summed E-state index contributed by atoms with van der Waals surface area (Å²) < 4.78 is 16.7. The minimum atomic E-state index is -0.842. The second-order valence-electron chi connectivity index (χ2n) is 17.0. The molecule has 66 heavy (non-hydrogen) atoms. The normalized spacial score (nSPS) is 13.1. The Hall–Kier alpha value is -4.19. The Balaban J connectivity index is 4.49. The van der Waals surface area contributed by atoms with Gasteiger partial charge in [-0.15, -0.1) is 0 Å². The molecule has 0 rings (SSSR count). The van der Waals surface area contributed by atoms with E-state index in [0.717, 1.165) is 109 Å². The van der Waals surface area contributed by atoms with Gasteiger partial charge in [-0.1, -0.05) is 213 Å². The Kier molecular flexibility index (Phi) is 50.0. The molecule has 0 heterocycles. The van der Waals surface area contributed by atoms with Gasteiger partial charge in [0.25, 0.3) is 0 Å². The highest BCUT2D eigenvalue weighted by molar-refractivity contribution is 5.72. The van der Waals surface area contributed by atoms with Gasteiger partial charge in [-0.3, -0.25) is 14.4 Å². The summed E-state index contributed by atoms with van der Waals surface area (Å²) in [6, 6.07) is 0. The van der Waals surface area contributed by atoms with E-state index in [-0.39, 0.29) is 31.6 Å². The number of carbonyl (C=O) groups is 3. The summed E-state index contributed by atoms with van der Waals surface area (Å²) in [4.78, 5) is 37.9. The van der Waals surface area contributed by atoms with Crippen molar-refractivity contribution in [2.45, 2.75) is 226 Å². The first-order valence-corrected chi connectivity index (χ1v) is 26.5. The topological polar surface area (TPSA) is 78.9 Å². The quantitative estimate of drug-likeness (QED) is 0.0262. The lowest BCUT2D eigenvalue weighted by atomic mass is 10.1. The van der Waals surface area contributed by atoms with Crippen molar-refractivity contribution in [2.24, 2.45) is 0 Å². The van der Waals surface area contributed by atoms with Crippen LogP contribution < -0.4 is 0 Å². The van der Waals surface area contributed by atoms with E-state index in [1.807, 2.05) is 6.08 Å². The molecule has 0 aliphatic carbocycles. The Labute approximate surface area is 405 Å². The minimum Gasteiger partial charge on any atom is -0.462 e. The molecule has 0 fully saturated rings. The summed E-state index contributed by atoms with van der Waals surface area (Å²) in [5, 5.41) is 0. The van der Waals surface area contributed by atoms with Crippen molar-refractivity contribution < 1.29 is 28.6 Å². The Morgan fingerprint density at radius 3 is 1.02 bits per heavy atom. The molecular formula is C60H96O6. The molecule has 6 nitrogen and oxygen atoms in total. The molecule has 1 atom stereocenters. The number of carbonyl (C=O) groups excluding carboxylic acids is 3. The van der Waals surface area contributed by atoms with Gasteiger partial charge in [-0.2, -0.15) is 0 Å². The monoisotopic (exact) mass is 913 g/mol. The van der Waals surface area contributed by atoms with Crippen LogP contribution in [0.15, 0.2) is 122 Å². The molecule has 0 saturated carbocycles. The summed E-state index contributed by atoms with van der Waals surface area (Å²) in [6.45, 7) is 6.27. The summed E-state index contributed by atoms with van der Waals surface area (Å²) in [7, 11) is 0. The van der Waals surface area contributed by atoms with Gasteiger partial charge in [0.1, 0.15) is 13.2 Å². The van der Waals surface area contributed by atoms with Gasteiger partial charge in [-0.25, -0.2) is 0 Å². The van der Waals surface area contributed by atoms with Crippen molar-refractivity contribution in [3.8, 4) is 0 Å². The van der Waals surface area contributed by atoms with Crippen LogP contribution in [0.25, 0.3) is 0 Å². The Morgan fingerprint density at radius 2 is 0.636 bits per heavy atom. The lowest BCUT2D eigenvalue weighted by molar-refractivity contribution is -0.166. The second-order valence-corrected chi connectivity index (χ2v) is 17.0. The fourth-order valence-electron chi connectivity index (χ4n) is 6.80. The number of hydrogen-bond donors (Lipinski definition) is 0. The Morgan fingerprint density at radius 1 is 0.333 bits per heavy atom. The number of allylic oxidation sites excluding steroid dienone is 19. The van der Waals surface area contributed by atoms with Crippen LogP contribution >= 0.6 is 0 Å². The average Bonchev–Trinajstić information content (AvgIpc) is 3.31. The van der Waals surface area contributed by atoms with Gasteiger partial charge < -0.3 is 14.2 Å². The van der Waals surface area contributed by atoms with E-state index in [9.17, 15) is 14.4 Å². The van der Waals surface area contributed by atoms with Crippen LogP contribution in [-0.4, -0.2) is 37.2 Å². The maximum Gasteiger partial charge on any atom is 0.310 e. The van der Waals surface area contributed by atoms with Gasteiger partial charge in [-0.05, 0) is 109 Å². The summed E-state index contributed by atoms with van der Waals surface area (Å²) in [6.07, 6.45) is 73.5. The lowest BCUT2D eigenvalue weighted by Gasteiger charge is -2.18. The molecule has 0 spiro atoms. The number of esters is 3. The largest absolute Gasteiger partial charge is 0.462 e. The minimum absolute atomic E-state index is 0.0891. The molecule has 0 aromatic carbocycles. The van der Waals surface area contributed by atoms with E-state index in [0.29, 0.717) is 19.3 Å². The van der Waals surface area contributed by atoms with Crippen LogP contribution in [0.1, 0.15) is 220 Å². The van der Waals surface area contributed by atoms with Gasteiger partial charge in [0.15, 0.2) is 6.10 Å². The average molecular weight is 913 g/mol. The van der Waals surface area contributed by atoms with Crippen molar-refractivity contribution in [1.29, 1.82) is 0 Å². The molecule has 0 N–H and O–H groups in total.